The second kappa shape index (κ2) is 13.4. The molecular formula is C18H34N4O5S. The number of aliphatic carboxylic acids is 1. The van der Waals surface area contributed by atoms with Crippen LogP contribution in [-0.2, 0) is 19.2 Å². The number of nitrogens with one attached hydrogen (secondary N) is 3. The van der Waals surface area contributed by atoms with Crippen molar-refractivity contribution < 1.29 is 24.3 Å². The Morgan fingerprint density at radius 3 is 2.11 bits per heavy atom. The Morgan fingerprint density at radius 1 is 1.04 bits per heavy atom. The molecule has 0 aliphatic rings. The monoisotopic (exact) mass is 418 g/mol. The predicted molar refractivity (Wildman–Crippen MR) is 110 cm³/mol. The first kappa shape index (κ1) is 26.2. The molecule has 0 aromatic rings. The van der Waals surface area contributed by atoms with Crippen molar-refractivity contribution in [2.45, 2.75) is 58.7 Å². The third-order valence-corrected chi connectivity index (χ3v) is 5.08. The number of carbonyl (C=O) groups excluding carboxylic acids is 3. The largest absolute Gasteiger partial charge is 0.480 e. The summed E-state index contributed by atoms with van der Waals surface area (Å²) >= 11 is 1.57. The number of hydrogen-bond acceptors (Lipinski definition) is 6. The van der Waals surface area contributed by atoms with Crippen LogP contribution in [-0.4, -0.2) is 65.5 Å². The Balaban J connectivity index is 4.74. The number of carbonyl (C=O) groups is 4. The Labute approximate surface area is 170 Å². The van der Waals surface area contributed by atoms with Crippen LogP contribution < -0.4 is 21.7 Å². The third kappa shape index (κ3) is 9.41. The fourth-order valence-electron chi connectivity index (χ4n) is 2.36. The molecule has 0 rings (SSSR count). The number of carboxylic acids is 1. The molecule has 9 nitrogen and oxygen atoms in total. The van der Waals surface area contributed by atoms with Gasteiger partial charge in [-0.2, -0.15) is 11.8 Å². The van der Waals surface area contributed by atoms with Crippen LogP contribution >= 0.6 is 11.8 Å². The summed E-state index contributed by atoms with van der Waals surface area (Å²) in [5.74, 6) is -2.41. The van der Waals surface area contributed by atoms with E-state index >= 15 is 0 Å². The minimum absolute atomic E-state index is 0.216. The Bertz CT molecular complexity index is 544. The maximum absolute atomic E-state index is 12.4. The van der Waals surface area contributed by atoms with Crippen molar-refractivity contribution in [3.63, 3.8) is 0 Å². The summed E-state index contributed by atoms with van der Waals surface area (Å²) in [5, 5.41) is 16.7. The molecule has 0 aliphatic heterocycles. The van der Waals surface area contributed by atoms with Gasteiger partial charge < -0.3 is 26.8 Å². The number of rotatable bonds is 13. The van der Waals surface area contributed by atoms with Gasteiger partial charge in [-0.3, -0.25) is 14.4 Å². The van der Waals surface area contributed by atoms with E-state index in [0.717, 1.165) is 5.75 Å². The van der Waals surface area contributed by atoms with E-state index in [1.807, 2.05) is 13.2 Å². The zero-order chi connectivity index (χ0) is 21.9. The highest BCUT2D eigenvalue weighted by molar-refractivity contribution is 7.98. The summed E-state index contributed by atoms with van der Waals surface area (Å²) in [5.41, 5.74) is 5.82. The molecule has 4 unspecified atom stereocenters. The molecule has 0 aromatic carbocycles. The first-order valence-corrected chi connectivity index (χ1v) is 10.8. The van der Waals surface area contributed by atoms with Gasteiger partial charge in [0.15, 0.2) is 0 Å². The number of carboxylic acid groups (broad SMARTS) is 1. The lowest BCUT2D eigenvalue weighted by Crippen LogP contribution is -2.55. The molecule has 162 valence electrons. The molecule has 0 spiro atoms. The number of thioether (sulfide) groups is 1. The highest BCUT2D eigenvalue weighted by Gasteiger charge is 2.28. The van der Waals surface area contributed by atoms with Crippen molar-refractivity contribution in [1.82, 2.24) is 16.0 Å². The molecule has 0 heterocycles. The number of amides is 3. The smallest absolute Gasteiger partial charge is 0.326 e. The van der Waals surface area contributed by atoms with Crippen LogP contribution in [0.3, 0.4) is 0 Å². The zero-order valence-corrected chi connectivity index (χ0v) is 18.1. The van der Waals surface area contributed by atoms with Gasteiger partial charge >= 0.3 is 5.97 Å². The number of nitrogens with two attached hydrogens (primary N) is 1. The van der Waals surface area contributed by atoms with E-state index < -0.39 is 41.8 Å². The summed E-state index contributed by atoms with van der Waals surface area (Å²) < 4.78 is 0. The van der Waals surface area contributed by atoms with Crippen molar-refractivity contribution in [1.29, 1.82) is 0 Å². The van der Waals surface area contributed by atoms with Gasteiger partial charge in [0.05, 0.1) is 12.6 Å². The molecule has 0 fully saturated rings. The fourth-order valence-corrected chi connectivity index (χ4v) is 2.85. The molecule has 28 heavy (non-hydrogen) atoms. The molecule has 0 aliphatic carbocycles. The highest BCUT2D eigenvalue weighted by atomic mass is 32.2. The highest BCUT2D eigenvalue weighted by Crippen LogP contribution is 2.08. The molecule has 0 bridgehead atoms. The minimum Gasteiger partial charge on any atom is -0.480 e. The van der Waals surface area contributed by atoms with E-state index in [-0.39, 0.29) is 18.4 Å². The molecule has 0 radical (unpaired) electrons. The normalized spacial score (nSPS) is 15.2. The van der Waals surface area contributed by atoms with E-state index in [4.69, 9.17) is 5.73 Å². The Morgan fingerprint density at radius 2 is 1.64 bits per heavy atom. The summed E-state index contributed by atoms with van der Waals surface area (Å²) in [6.45, 7) is 6.70. The molecular weight excluding hydrogens is 384 g/mol. The average Bonchev–Trinajstić information content (AvgIpc) is 2.64. The van der Waals surface area contributed by atoms with Gasteiger partial charge in [0.1, 0.15) is 12.1 Å². The van der Waals surface area contributed by atoms with Gasteiger partial charge in [-0.05, 0) is 30.3 Å². The lowest BCUT2D eigenvalue weighted by Gasteiger charge is -2.24. The summed E-state index contributed by atoms with van der Waals surface area (Å²) in [4.78, 5) is 47.9. The molecule has 0 saturated heterocycles. The van der Waals surface area contributed by atoms with Crippen molar-refractivity contribution in [2.24, 2.45) is 17.6 Å². The third-order valence-electron chi connectivity index (χ3n) is 4.44. The first-order valence-electron chi connectivity index (χ1n) is 9.39. The van der Waals surface area contributed by atoms with Crippen LogP contribution in [0, 0.1) is 11.8 Å². The molecule has 0 saturated carbocycles. The molecule has 10 heteroatoms. The van der Waals surface area contributed by atoms with E-state index in [0.29, 0.717) is 12.8 Å². The van der Waals surface area contributed by atoms with E-state index in [9.17, 15) is 24.3 Å². The molecule has 0 aromatic heterocycles. The zero-order valence-electron chi connectivity index (χ0n) is 17.3. The lowest BCUT2D eigenvalue weighted by molar-refractivity contribution is -0.143. The Hall–Kier alpha value is -1.81. The van der Waals surface area contributed by atoms with Crippen LogP contribution in [0.25, 0.3) is 0 Å². The van der Waals surface area contributed by atoms with Gasteiger partial charge in [0.25, 0.3) is 0 Å². The molecule has 4 atom stereocenters. The Kier molecular flexibility index (Phi) is 12.5. The summed E-state index contributed by atoms with van der Waals surface area (Å²) in [6.07, 6.45) is 2.99. The van der Waals surface area contributed by atoms with Crippen molar-refractivity contribution in [3.05, 3.63) is 0 Å². The van der Waals surface area contributed by atoms with E-state index in [2.05, 4.69) is 16.0 Å². The quantitative estimate of drug-likeness (QED) is 0.281. The SMILES string of the molecule is CCC(C)C(NC(=O)CNC(=O)C(NC(=O)C(N)CCSC)C(C)C)C(=O)O. The summed E-state index contributed by atoms with van der Waals surface area (Å²) in [7, 11) is 0. The van der Waals surface area contributed by atoms with Crippen LogP contribution in [0.4, 0.5) is 0 Å². The lowest BCUT2D eigenvalue weighted by atomic mass is 9.99. The van der Waals surface area contributed by atoms with E-state index in [1.54, 1.807) is 32.5 Å². The molecule has 6 N–H and O–H groups in total. The fraction of sp³-hybridized carbons (Fsp3) is 0.778. The van der Waals surface area contributed by atoms with Crippen LogP contribution in [0.15, 0.2) is 0 Å². The standard InChI is InChI=1S/C18H34N4O5S/c1-6-11(4)15(18(26)27)21-13(23)9-20-17(25)14(10(2)3)22-16(24)12(19)7-8-28-5/h10-12,14-15H,6-9,19H2,1-5H3,(H,20,25)(H,21,23)(H,22,24)(H,26,27). The first-order chi connectivity index (χ1) is 13.0. The van der Waals surface area contributed by atoms with Gasteiger partial charge in [-0.25, -0.2) is 4.79 Å². The van der Waals surface area contributed by atoms with Gasteiger partial charge in [0, 0.05) is 0 Å². The van der Waals surface area contributed by atoms with Crippen molar-refractivity contribution in [3.8, 4) is 0 Å². The maximum Gasteiger partial charge on any atom is 0.326 e. The van der Waals surface area contributed by atoms with E-state index in [1.165, 1.54) is 0 Å². The molecule has 3 amide bonds. The predicted octanol–water partition coefficient (Wildman–Crippen LogP) is -0.0607. The van der Waals surface area contributed by atoms with Crippen LogP contribution in [0.1, 0.15) is 40.5 Å². The second-order valence-corrected chi connectivity index (χ2v) is 8.09. The summed E-state index contributed by atoms with van der Waals surface area (Å²) in [6, 6.07) is -2.58. The topological polar surface area (TPSA) is 151 Å². The van der Waals surface area contributed by atoms with Crippen LogP contribution in [0.5, 0.6) is 0 Å². The number of hydrogen-bond donors (Lipinski definition) is 5. The van der Waals surface area contributed by atoms with Crippen LogP contribution in [0.2, 0.25) is 0 Å². The van der Waals surface area contributed by atoms with Crippen molar-refractivity contribution >= 4 is 35.5 Å². The second-order valence-electron chi connectivity index (χ2n) is 7.11. The van der Waals surface area contributed by atoms with Gasteiger partial charge in [-0.15, -0.1) is 0 Å². The minimum atomic E-state index is -1.12. The average molecular weight is 419 g/mol. The van der Waals surface area contributed by atoms with Gasteiger partial charge in [0.2, 0.25) is 17.7 Å². The maximum atomic E-state index is 12.4. The van der Waals surface area contributed by atoms with Crippen molar-refractivity contribution in [2.75, 3.05) is 18.6 Å². The van der Waals surface area contributed by atoms with Gasteiger partial charge in [-0.1, -0.05) is 34.1 Å².